The molecular formula is C27H39N5O7. The van der Waals surface area contributed by atoms with Crippen molar-refractivity contribution in [2.24, 2.45) is 17.6 Å². The van der Waals surface area contributed by atoms with Gasteiger partial charge >= 0.3 is 11.9 Å². The maximum Gasteiger partial charge on any atom is 0.326 e. The van der Waals surface area contributed by atoms with E-state index in [0.717, 1.165) is 16.5 Å². The molecule has 0 bridgehead atoms. The SMILES string of the molecule is CCC(C)C(NC(=O)C(Cc1c[nH]c2ccccc12)NC(=O)C(N)C(C)C)C(=O)NC(CCC(=O)O)C(=O)O. The van der Waals surface area contributed by atoms with Crippen LogP contribution in [0.25, 0.3) is 10.9 Å². The molecule has 5 atom stereocenters. The first-order valence-corrected chi connectivity index (χ1v) is 13.0. The van der Waals surface area contributed by atoms with E-state index in [4.69, 9.17) is 10.8 Å². The molecule has 39 heavy (non-hydrogen) atoms. The average Bonchev–Trinajstić information content (AvgIpc) is 3.30. The van der Waals surface area contributed by atoms with Gasteiger partial charge in [-0.05, 0) is 29.9 Å². The summed E-state index contributed by atoms with van der Waals surface area (Å²) in [7, 11) is 0. The van der Waals surface area contributed by atoms with Crippen molar-refractivity contribution < 1.29 is 34.2 Å². The molecule has 0 fully saturated rings. The van der Waals surface area contributed by atoms with Gasteiger partial charge in [-0.15, -0.1) is 0 Å². The highest BCUT2D eigenvalue weighted by molar-refractivity contribution is 5.95. The normalized spacial score (nSPS) is 15.1. The van der Waals surface area contributed by atoms with Gasteiger partial charge in [0.1, 0.15) is 18.1 Å². The monoisotopic (exact) mass is 545 g/mol. The van der Waals surface area contributed by atoms with Gasteiger partial charge in [-0.3, -0.25) is 19.2 Å². The molecule has 0 aliphatic carbocycles. The number of rotatable bonds is 15. The van der Waals surface area contributed by atoms with Crippen LogP contribution in [0.5, 0.6) is 0 Å². The zero-order valence-corrected chi connectivity index (χ0v) is 22.7. The van der Waals surface area contributed by atoms with Gasteiger partial charge in [-0.1, -0.05) is 52.3 Å². The predicted molar refractivity (Wildman–Crippen MR) is 145 cm³/mol. The van der Waals surface area contributed by atoms with Crippen molar-refractivity contribution >= 4 is 40.6 Å². The fourth-order valence-electron chi connectivity index (χ4n) is 4.04. The van der Waals surface area contributed by atoms with E-state index in [9.17, 15) is 29.1 Å². The number of carboxylic acids is 2. The molecule has 1 aromatic heterocycles. The molecule has 2 rings (SSSR count). The Morgan fingerprint density at radius 3 is 2.15 bits per heavy atom. The van der Waals surface area contributed by atoms with Crippen LogP contribution >= 0.6 is 0 Å². The van der Waals surface area contributed by atoms with E-state index in [-0.39, 0.29) is 18.8 Å². The minimum Gasteiger partial charge on any atom is -0.481 e. The fourth-order valence-corrected chi connectivity index (χ4v) is 4.04. The Bertz CT molecular complexity index is 1180. The second kappa shape index (κ2) is 14.3. The van der Waals surface area contributed by atoms with Crippen LogP contribution in [0.1, 0.15) is 52.5 Å². The first-order chi connectivity index (χ1) is 18.3. The van der Waals surface area contributed by atoms with Crippen molar-refractivity contribution in [3.63, 3.8) is 0 Å². The van der Waals surface area contributed by atoms with Gasteiger partial charge in [0, 0.05) is 29.9 Å². The Balaban J connectivity index is 2.31. The minimum atomic E-state index is -1.44. The summed E-state index contributed by atoms with van der Waals surface area (Å²) in [5, 5.41) is 27.0. The summed E-state index contributed by atoms with van der Waals surface area (Å²) in [6, 6.07) is 2.98. The second-order valence-electron chi connectivity index (χ2n) is 10.1. The Morgan fingerprint density at radius 1 is 0.923 bits per heavy atom. The highest BCUT2D eigenvalue weighted by Gasteiger charge is 2.33. The fraction of sp³-hybridized carbons (Fsp3) is 0.519. The molecule has 0 aliphatic heterocycles. The van der Waals surface area contributed by atoms with E-state index in [1.54, 1.807) is 27.0 Å². The number of carboxylic acid groups (broad SMARTS) is 2. The number of nitrogens with one attached hydrogen (secondary N) is 4. The Kier molecular flexibility index (Phi) is 11.5. The summed E-state index contributed by atoms with van der Waals surface area (Å²) < 4.78 is 0. The van der Waals surface area contributed by atoms with Crippen LogP contribution < -0.4 is 21.7 Å². The largest absolute Gasteiger partial charge is 0.481 e. The zero-order valence-electron chi connectivity index (χ0n) is 22.7. The van der Waals surface area contributed by atoms with E-state index in [1.165, 1.54) is 0 Å². The standard InChI is InChI=1S/C27H39N5O7/c1-5-15(4)23(26(37)30-19(27(38)39)10-11-21(33)34)32-24(35)20(31-25(36)22(28)14(2)3)12-16-13-29-18-9-7-6-8-17(16)18/h6-9,13-15,19-20,22-23,29H,5,10-12,28H2,1-4H3,(H,30,37)(H,31,36)(H,32,35)(H,33,34)(H,38,39). The van der Waals surface area contributed by atoms with E-state index in [0.29, 0.717) is 6.42 Å². The number of para-hydroxylation sites is 1. The molecule has 0 spiro atoms. The van der Waals surface area contributed by atoms with E-state index >= 15 is 0 Å². The first kappa shape index (κ1) is 31.3. The summed E-state index contributed by atoms with van der Waals surface area (Å²) >= 11 is 0. The molecule has 3 amide bonds. The summed E-state index contributed by atoms with van der Waals surface area (Å²) in [5.74, 6) is -5.07. The molecule has 1 aromatic carbocycles. The van der Waals surface area contributed by atoms with Crippen LogP contribution in [0, 0.1) is 11.8 Å². The van der Waals surface area contributed by atoms with Gasteiger partial charge in [0.05, 0.1) is 6.04 Å². The van der Waals surface area contributed by atoms with Gasteiger partial charge in [0.15, 0.2) is 0 Å². The zero-order chi connectivity index (χ0) is 29.3. The van der Waals surface area contributed by atoms with E-state index in [2.05, 4.69) is 20.9 Å². The van der Waals surface area contributed by atoms with Gasteiger partial charge in [-0.25, -0.2) is 4.79 Å². The summed E-state index contributed by atoms with van der Waals surface area (Å²) in [6.07, 6.45) is 1.56. The van der Waals surface area contributed by atoms with Crippen LogP contribution in [0.4, 0.5) is 0 Å². The number of aliphatic carboxylic acids is 2. The van der Waals surface area contributed by atoms with Crippen molar-refractivity contribution in [3.8, 4) is 0 Å². The number of hydrogen-bond acceptors (Lipinski definition) is 6. The van der Waals surface area contributed by atoms with Gasteiger partial charge in [-0.2, -0.15) is 0 Å². The highest BCUT2D eigenvalue weighted by atomic mass is 16.4. The van der Waals surface area contributed by atoms with Crippen LogP contribution in [-0.2, 0) is 30.4 Å². The number of aromatic nitrogens is 1. The molecule has 12 heteroatoms. The maximum atomic E-state index is 13.6. The molecule has 0 saturated heterocycles. The Hall–Kier alpha value is -3.93. The number of carbonyl (C=O) groups is 5. The number of fused-ring (bicyclic) bond motifs is 1. The third-order valence-corrected chi connectivity index (χ3v) is 6.81. The van der Waals surface area contributed by atoms with Crippen LogP contribution in [0.15, 0.2) is 30.5 Å². The molecule has 0 saturated carbocycles. The van der Waals surface area contributed by atoms with Gasteiger partial charge in [0.2, 0.25) is 17.7 Å². The lowest BCUT2D eigenvalue weighted by atomic mass is 9.96. The molecule has 2 aromatic rings. The smallest absolute Gasteiger partial charge is 0.326 e. The molecule has 1 heterocycles. The number of H-pyrrole nitrogens is 1. The predicted octanol–water partition coefficient (Wildman–Crippen LogP) is 1.14. The molecule has 12 nitrogen and oxygen atoms in total. The quantitative estimate of drug-likeness (QED) is 0.172. The van der Waals surface area contributed by atoms with Gasteiger partial charge < -0.3 is 36.9 Å². The summed E-state index contributed by atoms with van der Waals surface area (Å²) in [4.78, 5) is 65.2. The average molecular weight is 546 g/mol. The van der Waals surface area contributed by atoms with Crippen LogP contribution in [-0.4, -0.2) is 69.0 Å². The Labute approximate surface area is 227 Å². The number of nitrogens with two attached hydrogens (primary N) is 1. The minimum absolute atomic E-state index is 0.109. The van der Waals surface area contributed by atoms with Gasteiger partial charge in [0.25, 0.3) is 0 Å². The number of aromatic amines is 1. The third-order valence-electron chi connectivity index (χ3n) is 6.81. The van der Waals surface area contributed by atoms with Crippen molar-refractivity contribution in [3.05, 3.63) is 36.0 Å². The Morgan fingerprint density at radius 2 is 1.56 bits per heavy atom. The van der Waals surface area contributed by atoms with Crippen molar-refractivity contribution in [2.75, 3.05) is 0 Å². The van der Waals surface area contributed by atoms with Crippen LogP contribution in [0.2, 0.25) is 0 Å². The molecule has 214 valence electrons. The lowest BCUT2D eigenvalue weighted by Crippen LogP contribution is -2.59. The highest BCUT2D eigenvalue weighted by Crippen LogP contribution is 2.20. The number of amides is 3. The molecule has 8 N–H and O–H groups in total. The van der Waals surface area contributed by atoms with E-state index < -0.39 is 66.2 Å². The summed E-state index contributed by atoms with van der Waals surface area (Å²) in [6.45, 7) is 7.10. The lowest BCUT2D eigenvalue weighted by molar-refractivity contribution is -0.143. The first-order valence-electron chi connectivity index (χ1n) is 13.0. The maximum absolute atomic E-state index is 13.6. The number of benzene rings is 1. The molecule has 0 aliphatic rings. The van der Waals surface area contributed by atoms with E-state index in [1.807, 2.05) is 31.2 Å². The van der Waals surface area contributed by atoms with Crippen LogP contribution in [0.3, 0.4) is 0 Å². The lowest BCUT2D eigenvalue weighted by Gasteiger charge is -2.28. The molecular weight excluding hydrogens is 506 g/mol. The van der Waals surface area contributed by atoms with Crippen molar-refractivity contribution in [2.45, 2.75) is 77.5 Å². The molecule has 5 unspecified atom stereocenters. The summed E-state index contributed by atoms with van der Waals surface area (Å²) in [5.41, 5.74) is 7.64. The number of carbonyl (C=O) groups excluding carboxylic acids is 3. The topological polar surface area (TPSA) is 204 Å². The molecule has 0 radical (unpaired) electrons. The second-order valence-corrected chi connectivity index (χ2v) is 10.1. The number of hydrogen-bond donors (Lipinski definition) is 7. The van der Waals surface area contributed by atoms with Crippen molar-refractivity contribution in [1.82, 2.24) is 20.9 Å². The third kappa shape index (κ3) is 8.81. The van der Waals surface area contributed by atoms with Crippen molar-refractivity contribution in [1.29, 1.82) is 0 Å².